The number of carbonyl (C=O) groups excluding carboxylic acids is 2. The summed E-state index contributed by atoms with van der Waals surface area (Å²) in [5.74, 6) is 0.991. The molecule has 0 heterocycles. The van der Waals surface area contributed by atoms with Gasteiger partial charge in [0, 0.05) is 5.56 Å². The molecule has 0 unspecified atom stereocenters. The number of hydrogen-bond donors (Lipinski definition) is 2. The molecule has 170 valence electrons. The van der Waals surface area contributed by atoms with Crippen LogP contribution in [0.1, 0.15) is 22.8 Å². The van der Waals surface area contributed by atoms with Gasteiger partial charge in [-0.3, -0.25) is 9.59 Å². The van der Waals surface area contributed by atoms with Crippen LogP contribution in [0.2, 0.25) is 0 Å². The van der Waals surface area contributed by atoms with E-state index in [1.807, 2.05) is 13.0 Å². The molecule has 0 aliphatic carbocycles. The van der Waals surface area contributed by atoms with E-state index in [9.17, 15) is 14.7 Å². The minimum Gasteiger partial charge on any atom is -0.508 e. The third-order valence-electron chi connectivity index (χ3n) is 4.59. The summed E-state index contributed by atoms with van der Waals surface area (Å²) in [5.41, 5.74) is 1.75. The van der Waals surface area contributed by atoms with Gasteiger partial charge in [0.15, 0.2) is 23.9 Å². The number of rotatable bonds is 10. The summed E-state index contributed by atoms with van der Waals surface area (Å²) >= 11 is 0. The maximum atomic E-state index is 12.3. The number of para-hydroxylation sites is 2. The zero-order chi connectivity index (χ0) is 23.6. The van der Waals surface area contributed by atoms with Crippen LogP contribution in [0.15, 0.2) is 72.8 Å². The van der Waals surface area contributed by atoms with Crippen molar-refractivity contribution in [3.05, 3.63) is 83.9 Å². The van der Waals surface area contributed by atoms with Crippen molar-refractivity contribution in [1.29, 1.82) is 0 Å². The van der Waals surface area contributed by atoms with Gasteiger partial charge in [-0.25, -0.2) is 0 Å². The van der Waals surface area contributed by atoms with Crippen molar-refractivity contribution in [2.45, 2.75) is 6.92 Å². The fourth-order valence-corrected chi connectivity index (χ4v) is 2.99. The molecule has 33 heavy (non-hydrogen) atoms. The van der Waals surface area contributed by atoms with Crippen LogP contribution in [-0.2, 0) is 4.79 Å². The quantitative estimate of drug-likeness (QED) is 0.345. The van der Waals surface area contributed by atoms with Crippen molar-refractivity contribution >= 4 is 23.5 Å². The Morgan fingerprint density at radius 3 is 2.42 bits per heavy atom. The highest BCUT2D eigenvalue weighted by atomic mass is 16.5. The van der Waals surface area contributed by atoms with Crippen molar-refractivity contribution in [2.24, 2.45) is 0 Å². The van der Waals surface area contributed by atoms with Gasteiger partial charge in [-0.1, -0.05) is 24.3 Å². The van der Waals surface area contributed by atoms with Gasteiger partial charge in [-0.15, -0.1) is 0 Å². The molecule has 1 amide bonds. The molecule has 0 saturated heterocycles. The van der Waals surface area contributed by atoms with Crippen molar-refractivity contribution in [1.82, 2.24) is 0 Å². The first kappa shape index (κ1) is 23.4. The Bertz CT molecular complexity index is 1140. The molecular weight excluding hydrogens is 422 g/mol. The number of methoxy groups -OCH3 is 1. The summed E-state index contributed by atoms with van der Waals surface area (Å²) in [5, 5.41) is 12.1. The van der Waals surface area contributed by atoms with Crippen LogP contribution in [-0.4, -0.2) is 37.1 Å². The summed E-state index contributed by atoms with van der Waals surface area (Å²) in [6, 6.07) is 18.3. The number of amides is 1. The number of ketones is 1. The van der Waals surface area contributed by atoms with Crippen molar-refractivity contribution in [2.75, 3.05) is 25.6 Å². The number of aromatic hydroxyl groups is 1. The first-order valence-electron chi connectivity index (χ1n) is 10.3. The van der Waals surface area contributed by atoms with Gasteiger partial charge in [-0.05, 0) is 67.1 Å². The lowest BCUT2D eigenvalue weighted by Gasteiger charge is -2.13. The molecule has 2 N–H and O–H groups in total. The van der Waals surface area contributed by atoms with E-state index >= 15 is 0 Å². The minimum absolute atomic E-state index is 0.101. The van der Waals surface area contributed by atoms with Crippen LogP contribution in [0.25, 0.3) is 6.08 Å². The summed E-state index contributed by atoms with van der Waals surface area (Å²) in [6.45, 7) is 2.03. The predicted octanol–water partition coefficient (Wildman–Crippen LogP) is 4.71. The summed E-state index contributed by atoms with van der Waals surface area (Å²) in [7, 11) is 1.53. The van der Waals surface area contributed by atoms with E-state index in [-0.39, 0.29) is 24.0 Å². The highest BCUT2D eigenvalue weighted by molar-refractivity contribution is 6.06. The Balaban J connectivity index is 1.66. The number of phenolic OH excluding ortho intramolecular Hbond substituents is 1. The van der Waals surface area contributed by atoms with E-state index in [1.165, 1.54) is 25.3 Å². The minimum atomic E-state index is -0.342. The third-order valence-corrected chi connectivity index (χ3v) is 4.59. The molecule has 3 aromatic carbocycles. The monoisotopic (exact) mass is 447 g/mol. The van der Waals surface area contributed by atoms with Crippen molar-refractivity contribution < 1.29 is 28.9 Å². The lowest BCUT2D eigenvalue weighted by atomic mass is 10.1. The number of benzene rings is 3. The first-order chi connectivity index (χ1) is 16.0. The summed E-state index contributed by atoms with van der Waals surface area (Å²) in [4.78, 5) is 24.6. The van der Waals surface area contributed by atoms with Gasteiger partial charge < -0.3 is 24.6 Å². The molecule has 0 aliphatic heterocycles. The fraction of sp³-hybridized carbons (Fsp3) is 0.154. The summed E-state index contributed by atoms with van der Waals surface area (Å²) in [6.07, 6.45) is 3.11. The van der Waals surface area contributed by atoms with E-state index in [1.54, 1.807) is 54.6 Å². The van der Waals surface area contributed by atoms with E-state index in [0.29, 0.717) is 35.1 Å². The molecule has 0 spiro atoms. The average Bonchev–Trinajstić information content (AvgIpc) is 2.83. The number of allylic oxidation sites excluding steroid dienone is 1. The van der Waals surface area contributed by atoms with Crippen LogP contribution in [0.5, 0.6) is 23.0 Å². The zero-order valence-corrected chi connectivity index (χ0v) is 18.4. The Morgan fingerprint density at radius 1 is 0.939 bits per heavy atom. The van der Waals surface area contributed by atoms with Gasteiger partial charge in [0.1, 0.15) is 11.5 Å². The number of phenols is 1. The molecule has 7 nitrogen and oxygen atoms in total. The number of carbonyl (C=O) groups is 2. The zero-order valence-electron chi connectivity index (χ0n) is 18.4. The predicted molar refractivity (Wildman–Crippen MR) is 126 cm³/mol. The standard InChI is InChI=1S/C26H25NO6/c1-3-32-25-16-18(8-14-22(29)19-10-12-20(28)13-11-19)9-15-24(25)33-17-26(30)27-21-6-4-5-7-23(21)31-2/h4-16,28H,3,17H2,1-2H3,(H,27,30)/b14-8+. The maximum absolute atomic E-state index is 12.3. The van der Waals surface area contributed by atoms with Crippen LogP contribution in [0.4, 0.5) is 5.69 Å². The second-order valence-electron chi connectivity index (χ2n) is 6.92. The van der Waals surface area contributed by atoms with Crippen LogP contribution in [0, 0.1) is 0 Å². The highest BCUT2D eigenvalue weighted by Gasteiger charge is 2.11. The Labute approximate surface area is 192 Å². The van der Waals surface area contributed by atoms with Gasteiger partial charge in [0.2, 0.25) is 0 Å². The molecular formula is C26H25NO6. The van der Waals surface area contributed by atoms with Gasteiger partial charge in [0.25, 0.3) is 5.91 Å². The second-order valence-corrected chi connectivity index (χ2v) is 6.92. The van der Waals surface area contributed by atoms with E-state index < -0.39 is 0 Å². The smallest absolute Gasteiger partial charge is 0.262 e. The lowest BCUT2D eigenvalue weighted by Crippen LogP contribution is -2.20. The molecule has 0 aromatic heterocycles. The van der Waals surface area contributed by atoms with Crippen LogP contribution in [0.3, 0.4) is 0 Å². The first-order valence-corrected chi connectivity index (χ1v) is 10.3. The van der Waals surface area contributed by atoms with Crippen molar-refractivity contribution in [3.63, 3.8) is 0 Å². The van der Waals surface area contributed by atoms with Gasteiger partial charge in [0.05, 0.1) is 19.4 Å². The second kappa shape index (κ2) is 11.4. The molecule has 0 saturated carbocycles. The fourth-order valence-electron chi connectivity index (χ4n) is 2.99. The van der Waals surface area contributed by atoms with E-state index in [4.69, 9.17) is 14.2 Å². The Hall–Kier alpha value is -4.26. The van der Waals surface area contributed by atoms with Crippen LogP contribution >= 0.6 is 0 Å². The normalized spacial score (nSPS) is 10.6. The molecule has 0 atom stereocenters. The van der Waals surface area contributed by atoms with Crippen molar-refractivity contribution in [3.8, 4) is 23.0 Å². The molecule has 3 aromatic rings. The number of hydrogen-bond acceptors (Lipinski definition) is 6. The van der Waals surface area contributed by atoms with Crippen LogP contribution < -0.4 is 19.5 Å². The average molecular weight is 447 g/mol. The van der Waals surface area contributed by atoms with Gasteiger partial charge in [-0.2, -0.15) is 0 Å². The topological polar surface area (TPSA) is 94.1 Å². The Kier molecular flexibility index (Phi) is 8.07. The molecule has 0 radical (unpaired) electrons. The highest BCUT2D eigenvalue weighted by Crippen LogP contribution is 2.29. The third kappa shape index (κ3) is 6.61. The van der Waals surface area contributed by atoms with Gasteiger partial charge >= 0.3 is 0 Å². The number of nitrogens with one attached hydrogen (secondary N) is 1. The van der Waals surface area contributed by atoms with E-state index in [0.717, 1.165) is 5.56 Å². The lowest BCUT2D eigenvalue weighted by molar-refractivity contribution is -0.118. The largest absolute Gasteiger partial charge is 0.508 e. The summed E-state index contributed by atoms with van der Waals surface area (Å²) < 4.78 is 16.5. The number of anilines is 1. The number of ether oxygens (including phenoxy) is 3. The molecule has 0 aliphatic rings. The molecule has 7 heteroatoms. The molecule has 0 bridgehead atoms. The van der Waals surface area contributed by atoms with E-state index in [2.05, 4.69) is 5.32 Å². The SMILES string of the molecule is CCOc1cc(/C=C/C(=O)c2ccc(O)cc2)ccc1OCC(=O)Nc1ccccc1OC. The Morgan fingerprint density at radius 2 is 1.70 bits per heavy atom. The molecule has 3 rings (SSSR count). The molecule has 0 fully saturated rings. The maximum Gasteiger partial charge on any atom is 0.262 e.